The maximum Gasteiger partial charge on any atom is 0.236 e. The van der Waals surface area contributed by atoms with Gasteiger partial charge in [0.1, 0.15) is 0 Å². The van der Waals surface area contributed by atoms with Crippen molar-refractivity contribution in [2.24, 2.45) is 5.92 Å². The third-order valence-corrected chi connectivity index (χ3v) is 6.34. The van der Waals surface area contributed by atoms with Crippen molar-refractivity contribution >= 4 is 11.8 Å². The topological polar surface area (TPSA) is 49.4 Å². The zero-order valence-electron chi connectivity index (χ0n) is 19.6. The van der Waals surface area contributed by atoms with Crippen LogP contribution in [-0.4, -0.2) is 33.8 Å². The highest BCUT2D eigenvalue weighted by Crippen LogP contribution is 2.35. The van der Waals surface area contributed by atoms with E-state index in [-0.39, 0.29) is 34.9 Å². The first kappa shape index (κ1) is 24.1. The van der Waals surface area contributed by atoms with Crippen LogP contribution < -0.4 is 5.32 Å². The van der Waals surface area contributed by atoms with Crippen molar-refractivity contribution in [2.75, 3.05) is 0 Å². The Morgan fingerprint density at radius 3 is 2.07 bits per heavy atom. The molecule has 0 aromatic carbocycles. The third-order valence-electron chi connectivity index (χ3n) is 6.34. The fourth-order valence-corrected chi connectivity index (χ4v) is 5.32. The van der Waals surface area contributed by atoms with E-state index in [0.717, 1.165) is 19.3 Å². The minimum Gasteiger partial charge on any atom is -0.307 e. The van der Waals surface area contributed by atoms with Crippen LogP contribution >= 0.6 is 0 Å². The van der Waals surface area contributed by atoms with Crippen molar-refractivity contribution in [1.82, 2.24) is 10.2 Å². The fraction of sp³-hybridized carbons (Fsp3) is 0.840. The summed E-state index contributed by atoms with van der Waals surface area (Å²) in [7, 11) is 0. The van der Waals surface area contributed by atoms with Crippen molar-refractivity contribution < 1.29 is 9.59 Å². The van der Waals surface area contributed by atoms with E-state index >= 15 is 0 Å². The lowest BCUT2D eigenvalue weighted by atomic mass is 9.79. The second-order valence-electron chi connectivity index (χ2n) is 10.6. The predicted octanol–water partition coefficient (Wildman–Crippen LogP) is 5.76. The molecule has 0 bridgehead atoms. The number of nitrogens with zero attached hydrogens (tertiary/aromatic N) is 1. The Balaban J connectivity index is 1.76. The number of imide groups is 1. The van der Waals surface area contributed by atoms with Crippen LogP contribution in [-0.2, 0) is 9.59 Å². The lowest BCUT2D eigenvalue weighted by Gasteiger charge is -2.48. The van der Waals surface area contributed by atoms with Gasteiger partial charge in [-0.3, -0.25) is 14.5 Å². The molecule has 2 fully saturated rings. The van der Waals surface area contributed by atoms with Gasteiger partial charge in [0.2, 0.25) is 11.8 Å². The van der Waals surface area contributed by atoms with Gasteiger partial charge in [-0.15, -0.1) is 0 Å². The highest BCUT2D eigenvalue weighted by Gasteiger charge is 2.47. The SMILES string of the molecule is CCCCCCCCCC/C=C/C1CC(=O)N(C2CC(C)(C)NC(C)(C)C2)C1=O. The van der Waals surface area contributed by atoms with E-state index in [4.69, 9.17) is 0 Å². The second kappa shape index (κ2) is 10.7. The fourth-order valence-electron chi connectivity index (χ4n) is 5.32. The summed E-state index contributed by atoms with van der Waals surface area (Å²) in [5.74, 6) is -0.228. The van der Waals surface area contributed by atoms with Crippen molar-refractivity contribution in [3.8, 4) is 0 Å². The Morgan fingerprint density at radius 2 is 1.48 bits per heavy atom. The largest absolute Gasteiger partial charge is 0.307 e. The molecular weight excluding hydrogens is 360 g/mol. The van der Waals surface area contributed by atoms with Gasteiger partial charge in [0.05, 0.1) is 5.92 Å². The van der Waals surface area contributed by atoms with Crippen LogP contribution in [0.3, 0.4) is 0 Å². The maximum absolute atomic E-state index is 13.0. The standard InChI is InChI=1S/C25H44N2O2/c1-6-7-8-9-10-11-12-13-14-15-16-20-17-22(28)27(23(20)29)21-18-24(2,3)26-25(4,5)19-21/h15-16,20-21,26H,6-14,17-19H2,1-5H3/b16-15+. The molecule has 0 aromatic heterocycles. The molecule has 4 heteroatoms. The highest BCUT2D eigenvalue weighted by atomic mass is 16.2. The molecule has 1 N–H and O–H groups in total. The van der Waals surface area contributed by atoms with E-state index in [1.54, 1.807) is 4.90 Å². The first-order valence-corrected chi connectivity index (χ1v) is 12.0. The molecule has 0 spiro atoms. The average molecular weight is 405 g/mol. The van der Waals surface area contributed by atoms with Crippen LogP contribution in [0.4, 0.5) is 0 Å². The van der Waals surface area contributed by atoms with Gasteiger partial charge in [0.15, 0.2) is 0 Å². The molecule has 0 radical (unpaired) electrons. The number of carbonyl (C=O) groups is 2. The number of nitrogens with one attached hydrogen (secondary N) is 1. The van der Waals surface area contributed by atoms with E-state index in [9.17, 15) is 9.59 Å². The van der Waals surface area contributed by atoms with Crippen molar-refractivity contribution in [1.29, 1.82) is 0 Å². The van der Waals surface area contributed by atoms with Crippen molar-refractivity contribution in [2.45, 2.75) is 129 Å². The summed E-state index contributed by atoms with van der Waals surface area (Å²) in [5.41, 5.74) is -0.144. The van der Waals surface area contributed by atoms with Crippen LogP contribution in [0.25, 0.3) is 0 Å². The molecule has 2 saturated heterocycles. The van der Waals surface area contributed by atoms with Gasteiger partial charge < -0.3 is 5.32 Å². The van der Waals surface area contributed by atoms with Gasteiger partial charge >= 0.3 is 0 Å². The summed E-state index contributed by atoms with van der Waals surface area (Å²) in [6.45, 7) is 10.9. The molecule has 1 unspecified atom stereocenters. The highest BCUT2D eigenvalue weighted by molar-refractivity contribution is 6.04. The Hall–Kier alpha value is -1.16. The number of rotatable bonds is 11. The smallest absolute Gasteiger partial charge is 0.236 e. The lowest BCUT2D eigenvalue weighted by molar-refractivity contribution is -0.143. The van der Waals surface area contributed by atoms with E-state index in [0.29, 0.717) is 6.42 Å². The summed E-state index contributed by atoms with van der Waals surface area (Å²) >= 11 is 0. The van der Waals surface area contributed by atoms with Gasteiger partial charge in [-0.2, -0.15) is 0 Å². The minimum atomic E-state index is -0.252. The number of hydrogen-bond acceptors (Lipinski definition) is 3. The van der Waals surface area contributed by atoms with Crippen LogP contribution in [0.15, 0.2) is 12.2 Å². The first-order chi connectivity index (χ1) is 13.7. The number of carbonyl (C=O) groups excluding carboxylic acids is 2. The minimum absolute atomic E-state index is 0.00681. The molecule has 2 aliphatic rings. The summed E-state index contributed by atoms with van der Waals surface area (Å²) < 4.78 is 0. The molecule has 29 heavy (non-hydrogen) atoms. The van der Waals surface area contributed by atoms with Gasteiger partial charge in [-0.25, -0.2) is 0 Å². The van der Waals surface area contributed by atoms with E-state index in [1.807, 2.05) is 6.08 Å². The molecular formula is C25H44N2O2. The molecule has 4 nitrogen and oxygen atoms in total. The zero-order valence-corrected chi connectivity index (χ0v) is 19.6. The number of amides is 2. The Morgan fingerprint density at radius 1 is 0.931 bits per heavy atom. The summed E-state index contributed by atoms with van der Waals surface area (Å²) in [6.07, 6.45) is 17.6. The average Bonchev–Trinajstić information content (AvgIpc) is 2.87. The van der Waals surface area contributed by atoms with Crippen LogP contribution in [0, 0.1) is 5.92 Å². The second-order valence-corrected chi connectivity index (χ2v) is 10.6. The summed E-state index contributed by atoms with van der Waals surface area (Å²) in [6, 6.07) is 0.00681. The Kier molecular flexibility index (Phi) is 8.93. The molecule has 1 atom stereocenters. The molecule has 0 aliphatic carbocycles. The number of allylic oxidation sites excluding steroid dienone is 1. The Labute approximate surface area is 178 Å². The van der Waals surface area contributed by atoms with Crippen molar-refractivity contribution in [3.63, 3.8) is 0 Å². The molecule has 0 saturated carbocycles. The van der Waals surface area contributed by atoms with E-state index in [2.05, 4.69) is 46.0 Å². The first-order valence-electron chi connectivity index (χ1n) is 12.0. The van der Waals surface area contributed by atoms with E-state index < -0.39 is 0 Å². The van der Waals surface area contributed by atoms with Gasteiger partial charge in [0.25, 0.3) is 0 Å². The normalized spacial score (nSPS) is 24.7. The van der Waals surface area contributed by atoms with Crippen LogP contribution in [0.1, 0.15) is 112 Å². The monoisotopic (exact) mass is 404 g/mol. The lowest BCUT2D eigenvalue weighted by Crippen LogP contribution is -2.62. The molecule has 2 amide bonds. The summed E-state index contributed by atoms with van der Waals surface area (Å²) in [4.78, 5) is 27.2. The molecule has 2 heterocycles. The molecule has 2 rings (SSSR count). The zero-order chi connectivity index (χ0) is 21.5. The molecule has 2 aliphatic heterocycles. The van der Waals surface area contributed by atoms with Gasteiger partial charge in [0, 0.05) is 23.5 Å². The number of unbranched alkanes of at least 4 members (excludes halogenated alkanes) is 8. The van der Waals surface area contributed by atoms with Crippen LogP contribution in [0.5, 0.6) is 0 Å². The van der Waals surface area contributed by atoms with E-state index in [1.165, 1.54) is 51.4 Å². The van der Waals surface area contributed by atoms with Gasteiger partial charge in [-0.1, -0.05) is 64.0 Å². The molecule has 166 valence electrons. The Bertz CT molecular complexity index is 563. The quantitative estimate of drug-likeness (QED) is 0.271. The van der Waals surface area contributed by atoms with Crippen molar-refractivity contribution in [3.05, 3.63) is 12.2 Å². The third kappa shape index (κ3) is 7.55. The van der Waals surface area contributed by atoms with Crippen LogP contribution in [0.2, 0.25) is 0 Å². The maximum atomic E-state index is 13.0. The predicted molar refractivity (Wildman–Crippen MR) is 121 cm³/mol. The number of piperidine rings is 1. The molecule has 0 aromatic rings. The summed E-state index contributed by atoms with van der Waals surface area (Å²) in [5, 5.41) is 3.64. The number of hydrogen-bond donors (Lipinski definition) is 1. The van der Waals surface area contributed by atoms with Gasteiger partial charge in [-0.05, 0) is 53.4 Å². The number of likely N-dealkylation sites (tertiary alicyclic amines) is 1.